The Morgan fingerprint density at radius 2 is 1.53 bits per heavy atom. The molecule has 4 aromatic carbocycles. The first-order chi connectivity index (χ1) is 17.5. The van der Waals surface area contributed by atoms with Crippen LogP contribution in [0, 0.1) is 0 Å². The van der Waals surface area contributed by atoms with Crippen molar-refractivity contribution in [3.8, 4) is 28.7 Å². The summed E-state index contributed by atoms with van der Waals surface area (Å²) in [6.07, 6.45) is 1.65. The minimum Gasteiger partial charge on any atom is -0.508 e. The lowest BCUT2D eigenvalue weighted by atomic mass is 9.75. The Hall–Kier alpha value is -4.91. The van der Waals surface area contributed by atoms with E-state index < -0.39 is 5.54 Å². The summed E-state index contributed by atoms with van der Waals surface area (Å²) in [5, 5.41) is 22.0. The van der Waals surface area contributed by atoms with Crippen LogP contribution in [0.1, 0.15) is 27.0 Å². The lowest BCUT2D eigenvalue weighted by Crippen LogP contribution is -2.50. The van der Waals surface area contributed by atoms with Crippen LogP contribution in [-0.2, 0) is 5.54 Å². The number of carbonyl (C=O) groups is 1. The normalized spacial score (nSPS) is 14.4. The van der Waals surface area contributed by atoms with Gasteiger partial charge in [0.05, 0.1) is 5.69 Å². The van der Waals surface area contributed by atoms with E-state index in [0.29, 0.717) is 46.2 Å². The Labute approximate surface area is 207 Å². The molecule has 3 N–H and O–H groups in total. The van der Waals surface area contributed by atoms with Gasteiger partial charge in [-0.1, -0.05) is 43.0 Å². The Balaban J connectivity index is 1.64. The van der Waals surface area contributed by atoms with Gasteiger partial charge < -0.3 is 19.7 Å². The van der Waals surface area contributed by atoms with Crippen molar-refractivity contribution in [3.05, 3.63) is 120 Å². The summed E-state index contributed by atoms with van der Waals surface area (Å²) in [7, 11) is 0. The van der Waals surface area contributed by atoms with Gasteiger partial charge in [-0.3, -0.25) is 10.2 Å². The van der Waals surface area contributed by atoms with Crippen molar-refractivity contribution in [3.63, 3.8) is 0 Å². The zero-order valence-electron chi connectivity index (χ0n) is 19.1. The number of ether oxygens (including phenoxy) is 2. The van der Waals surface area contributed by atoms with Gasteiger partial charge in [0.25, 0.3) is 5.91 Å². The van der Waals surface area contributed by atoms with E-state index >= 15 is 0 Å². The highest BCUT2D eigenvalue weighted by Gasteiger charge is 2.57. The van der Waals surface area contributed by atoms with Crippen molar-refractivity contribution in [1.82, 2.24) is 5.01 Å². The highest BCUT2D eigenvalue weighted by Crippen LogP contribution is 2.58. The van der Waals surface area contributed by atoms with Crippen LogP contribution in [0.25, 0.3) is 0 Å². The fourth-order valence-corrected chi connectivity index (χ4v) is 5.05. The Morgan fingerprint density at radius 3 is 2.22 bits per heavy atom. The monoisotopic (exact) mass is 478 g/mol. The molecule has 0 bridgehead atoms. The van der Waals surface area contributed by atoms with Gasteiger partial charge in [0.2, 0.25) is 0 Å². The fraction of sp³-hybridized carbons (Fsp3) is 0.0690. The molecule has 2 aliphatic rings. The van der Waals surface area contributed by atoms with Gasteiger partial charge in [-0.05, 0) is 42.5 Å². The molecule has 2 aliphatic heterocycles. The largest absolute Gasteiger partial charge is 0.508 e. The topological polar surface area (TPSA) is 91.3 Å². The molecule has 0 radical (unpaired) electrons. The van der Waals surface area contributed by atoms with Gasteiger partial charge in [-0.2, -0.15) is 0 Å². The first kappa shape index (κ1) is 21.6. The van der Waals surface area contributed by atoms with Crippen LogP contribution in [0.2, 0.25) is 0 Å². The molecular weight excluding hydrogens is 456 g/mol. The molecule has 7 nitrogen and oxygen atoms in total. The summed E-state index contributed by atoms with van der Waals surface area (Å²) in [5.74, 6) is 1.10. The molecule has 0 fully saturated rings. The minimum atomic E-state index is -1.16. The molecule has 2 heterocycles. The summed E-state index contributed by atoms with van der Waals surface area (Å²) >= 11 is 0. The first-order valence-electron chi connectivity index (χ1n) is 11.4. The van der Waals surface area contributed by atoms with Crippen LogP contribution in [0.3, 0.4) is 0 Å². The number of nitrogens with zero attached hydrogens (tertiary/aromatic N) is 1. The number of phenols is 2. The highest BCUT2D eigenvalue weighted by atomic mass is 16.5. The Morgan fingerprint density at radius 1 is 0.889 bits per heavy atom. The summed E-state index contributed by atoms with van der Waals surface area (Å²) in [4.78, 5) is 14.0. The second-order valence-electron chi connectivity index (χ2n) is 8.57. The van der Waals surface area contributed by atoms with Crippen molar-refractivity contribution >= 4 is 11.6 Å². The molecule has 0 unspecified atom stereocenters. The third-order valence-electron chi connectivity index (χ3n) is 6.49. The number of aromatic hydroxyl groups is 2. The summed E-state index contributed by atoms with van der Waals surface area (Å²) in [6, 6.07) is 24.4. The van der Waals surface area contributed by atoms with Crippen molar-refractivity contribution in [1.29, 1.82) is 0 Å². The standard InChI is InChI=1S/C29H22N2O5/c1-2-15-35-25-10-6-5-9-24(25)30-31-28(34)20-7-3-4-8-21(20)29(31)22-13-11-18(32)16-26(22)36-27-17-19(33)12-14-23(27)29/h2-14,16-17,30,32-33H,1,15H2. The second kappa shape index (κ2) is 8.09. The van der Waals surface area contributed by atoms with Crippen molar-refractivity contribution < 1.29 is 24.5 Å². The van der Waals surface area contributed by atoms with Crippen molar-refractivity contribution in [2.24, 2.45) is 0 Å². The maximum atomic E-state index is 14.0. The molecule has 0 saturated heterocycles. The molecule has 0 saturated carbocycles. The molecule has 6 rings (SSSR count). The van der Waals surface area contributed by atoms with E-state index in [1.807, 2.05) is 42.5 Å². The van der Waals surface area contributed by atoms with Crippen LogP contribution in [0.15, 0.2) is 97.6 Å². The zero-order valence-corrected chi connectivity index (χ0v) is 19.1. The van der Waals surface area contributed by atoms with E-state index in [-0.39, 0.29) is 17.4 Å². The van der Waals surface area contributed by atoms with E-state index in [9.17, 15) is 15.0 Å². The van der Waals surface area contributed by atoms with E-state index in [1.54, 1.807) is 41.4 Å². The molecule has 0 atom stereocenters. The number of nitrogens with one attached hydrogen (secondary N) is 1. The quantitative estimate of drug-likeness (QED) is 0.326. The van der Waals surface area contributed by atoms with E-state index in [4.69, 9.17) is 9.47 Å². The summed E-state index contributed by atoms with van der Waals surface area (Å²) < 4.78 is 12.0. The molecular formula is C29H22N2O5. The van der Waals surface area contributed by atoms with Gasteiger partial charge in [0.15, 0.2) is 0 Å². The maximum Gasteiger partial charge on any atom is 0.274 e. The third-order valence-corrected chi connectivity index (χ3v) is 6.49. The van der Waals surface area contributed by atoms with Crippen LogP contribution < -0.4 is 14.9 Å². The van der Waals surface area contributed by atoms with E-state index in [1.165, 1.54) is 12.1 Å². The lowest BCUT2D eigenvalue weighted by Gasteiger charge is -2.44. The SMILES string of the molecule is C=CCOc1ccccc1NN1C(=O)c2ccccc2C12c1ccc(O)cc1Oc1cc(O)ccc12. The number of anilines is 1. The molecule has 178 valence electrons. The number of fused-ring (bicyclic) bond motifs is 6. The zero-order chi connectivity index (χ0) is 24.9. The van der Waals surface area contributed by atoms with Gasteiger partial charge in [-0.15, -0.1) is 0 Å². The molecule has 7 heteroatoms. The predicted molar refractivity (Wildman–Crippen MR) is 135 cm³/mol. The van der Waals surface area contributed by atoms with Gasteiger partial charge in [0.1, 0.15) is 40.9 Å². The number of hydrogen-bond donors (Lipinski definition) is 3. The van der Waals surface area contributed by atoms with Crippen LogP contribution in [-0.4, -0.2) is 27.7 Å². The predicted octanol–water partition coefficient (Wildman–Crippen LogP) is 5.54. The average Bonchev–Trinajstić information content (AvgIpc) is 3.12. The van der Waals surface area contributed by atoms with Crippen molar-refractivity contribution in [2.75, 3.05) is 12.0 Å². The minimum absolute atomic E-state index is 0.0211. The molecule has 4 aromatic rings. The number of hydrazine groups is 1. The van der Waals surface area contributed by atoms with Gasteiger partial charge >= 0.3 is 0 Å². The number of rotatable bonds is 5. The molecule has 0 aromatic heterocycles. The molecule has 36 heavy (non-hydrogen) atoms. The van der Waals surface area contributed by atoms with Crippen LogP contribution in [0.4, 0.5) is 5.69 Å². The number of hydrogen-bond acceptors (Lipinski definition) is 6. The molecule has 1 amide bonds. The summed E-state index contributed by atoms with van der Waals surface area (Å²) in [5.41, 5.74) is 5.35. The fourth-order valence-electron chi connectivity index (χ4n) is 5.05. The van der Waals surface area contributed by atoms with Crippen LogP contribution in [0.5, 0.6) is 28.7 Å². The summed E-state index contributed by atoms with van der Waals surface area (Å²) in [6.45, 7) is 4.02. The maximum absolute atomic E-state index is 14.0. The Kier molecular flexibility index (Phi) is 4.86. The molecule has 1 spiro atoms. The highest BCUT2D eigenvalue weighted by molar-refractivity contribution is 6.03. The smallest absolute Gasteiger partial charge is 0.274 e. The lowest BCUT2D eigenvalue weighted by molar-refractivity contribution is 0.0724. The van der Waals surface area contributed by atoms with E-state index in [2.05, 4.69) is 12.0 Å². The Bertz CT molecular complexity index is 1480. The number of benzene rings is 4. The number of amides is 1. The third kappa shape index (κ3) is 3.03. The van der Waals surface area contributed by atoms with Crippen LogP contribution >= 0.6 is 0 Å². The first-order valence-corrected chi connectivity index (χ1v) is 11.4. The number of para-hydroxylation sites is 2. The van der Waals surface area contributed by atoms with Crippen molar-refractivity contribution in [2.45, 2.75) is 5.54 Å². The number of phenolic OH excluding ortho intramolecular Hbond substituents is 2. The van der Waals surface area contributed by atoms with E-state index in [0.717, 1.165) is 5.56 Å². The molecule has 0 aliphatic carbocycles. The average molecular weight is 479 g/mol. The number of carbonyl (C=O) groups excluding carboxylic acids is 1. The van der Waals surface area contributed by atoms with Gasteiger partial charge in [-0.25, -0.2) is 5.01 Å². The van der Waals surface area contributed by atoms with Gasteiger partial charge in [0, 0.05) is 34.4 Å². The second-order valence-corrected chi connectivity index (χ2v) is 8.57.